The van der Waals surface area contributed by atoms with Gasteiger partial charge in [0, 0.05) is 43.1 Å². The van der Waals surface area contributed by atoms with E-state index in [1.807, 2.05) is 11.0 Å². The number of H-pyrrole nitrogens is 2. The quantitative estimate of drug-likeness (QED) is 0.263. The Morgan fingerprint density at radius 2 is 2.06 bits per heavy atom. The first-order valence-corrected chi connectivity index (χ1v) is 9.70. The molecule has 9 nitrogen and oxygen atoms in total. The summed E-state index contributed by atoms with van der Waals surface area (Å²) in [5, 5.41) is 11.6. The molecule has 0 aromatic carbocycles. The predicted octanol–water partition coefficient (Wildman–Crippen LogP) is 3.09. The van der Waals surface area contributed by atoms with Crippen molar-refractivity contribution in [1.82, 2.24) is 30.1 Å². The Balaban J connectivity index is 1.56. The van der Waals surface area contributed by atoms with E-state index < -0.39 is 5.92 Å². The molecule has 1 aliphatic rings. The van der Waals surface area contributed by atoms with E-state index in [0.29, 0.717) is 34.1 Å². The summed E-state index contributed by atoms with van der Waals surface area (Å²) in [5.41, 5.74) is 3.87. The second kappa shape index (κ2) is 7.11. The van der Waals surface area contributed by atoms with Crippen LogP contribution >= 0.6 is 0 Å². The summed E-state index contributed by atoms with van der Waals surface area (Å²) < 4.78 is 27.2. The molecule has 0 unspecified atom stereocenters. The summed E-state index contributed by atoms with van der Waals surface area (Å²) in [6.45, 7) is 4.36. The topological polar surface area (TPSA) is 125 Å². The number of pyridine rings is 2. The summed E-state index contributed by atoms with van der Waals surface area (Å²) >= 11 is 0. The van der Waals surface area contributed by atoms with Crippen molar-refractivity contribution in [3.8, 4) is 11.5 Å². The number of halogens is 2. The Morgan fingerprint density at radius 3 is 2.84 bits per heavy atom. The normalized spacial score (nSPS) is 16.5. The molecule has 0 radical (unpaired) electrons. The van der Waals surface area contributed by atoms with Crippen LogP contribution in [0.1, 0.15) is 18.5 Å². The lowest BCUT2D eigenvalue weighted by atomic mass is 10.1. The molecular formula is C20H19F2N9. The Labute approximate surface area is 175 Å². The number of fused-ring (bicyclic) bond motifs is 2. The number of anilines is 1. The number of hydrogen-bond acceptors (Lipinski definition) is 7. The number of aromatic nitrogens is 6. The number of rotatable bonds is 4. The highest BCUT2D eigenvalue weighted by Gasteiger charge is 2.35. The van der Waals surface area contributed by atoms with Gasteiger partial charge in [-0.2, -0.15) is 10.2 Å². The molecule has 0 aliphatic carbocycles. The molecule has 1 fully saturated rings. The fourth-order valence-electron chi connectivity index (χ4n) is 3.74. The van der Waals surface area contributed by atoms with E-state index in [-0.39, 0.29) is 25.9 Å². The summed E-state index contributed by atoms with van der Waals surface area (Å²) in [4.78, 5) is 18.6. The summed E-state index contributed by atoms with van der Waals surface area (Å²) in [5.74, 6) is 3.71. The fourth-order valence-corrected chi connectivity index (χ4v) is 3.74. The van der Waals surface area contributed by atoms with Crippen LogP contribution in [-0.4, -0.2) is 55.4 Å². The molecule has 5 heterocycles. The molecule has 0 saturated carbocycles. The predicted molar refractivity (Wildman–Crippen MR) is 115 cm³/mol. The van der Waals surface area contributed by atoms with E-state index in [9.17, 15) is 8.78 Å². The maximum absolute atomic E-state index is 13.6. The van der Waals surface area contributed by atoms with Crippen LogP contribution in [0.2, 0.25) is 0 Å². The number of nitrogens with zero attached hydrogens (tertiary/aromatic N) is 6. The number of nitrogens with one attached hydrogen (secondary N) is 2. The third-order valence-corrected chi connectivity index (χ3v) is 5.41. The number of nitrogens with two attached hydrogens (primary N) is 1. The van der Waals surface area contributed by atoms with E-state index in [4.69, 9.17) is 10.8 Å². The van der Waals surface area contributed by atoms with Crippen molar-refractivity contribution in [2.75, 3.05) is 18.0 Å². The zero-order valence-corrected chi connectivity index (χ0v) is 16.4. The Morgan fingerprint density at radius 1 is 1.26 bits per heavy atom. The first-order valence-electron chi connectivity index (χ1n) is 9.70. The molecule has 4 aromatic heterocycles. The summed E-state index contributed by atoms with van der Waals surface area (Å²) in [7, 11) is 0. The van der Waals surface area contributed by atoms with Crippen molar-refractivity contribution in [1.29, 1.82) is 0 Å². The molecular weight excluding hydrogens is 404 g/mol. The molecule has 31 heavy (non-hydrogen) atoms. The largest absolute Gasteiger partial charge is 0.354 e. The van der Waals surface area contributed by atoms with Gasteiger partial charge in [-0.3, -0.25) is 10.1 Å². The first kappa shape index (κ1) is 19.1. The molecule has 1 saturated heterocycles. The van der Waals surface area contributed by atoms with Gasteiger partial charge in [0.2, 0.25) is 0 Å². The molecule has 11 heteroatoms. The summed E-state index contributed by atoms with van der Waals surface area (Å²) in [6.07, 6.45) is 4.33. The average molecular weight is 423 g/mol. The minimum atomic E-state index is -2.63. The van der Waals surface area contributed by atoms with Crippen LogP contribution < -0.4 is 10.7 Å². The third-order valence-electron chi connectivity index (χ3n) is 5.41. The van der Waals surface area contributed by atoms with Crippen molar-refractivity contribution < 1.29 is 8.78 Å². The van der Waals surface area contributed by atoms with Crippen LogP contribution in [0.5, 0.6) is 0 Å². The number of imidazole rings is 1. The van der Waals surface area contributed by atoms with Crippen molar-refractivity contribution in [3.05, 3.63) is 36.8 Å². The zero-order valence-electron chi connectivity index (χ0n) is 16.4. The van der Waals surface area contributed by atoms with Gasteiger partial charge in [0.15, 0.2) is 11.6 Å². The molecule has 4 aromatic rings. The number of alkyl halides is 2. The highest BCUT2D eigenvalue weighted by atomic mass is 19.3. The van der Waals surface area contributed by atoms with Gasteiger partial charge in [0.25, 0.3) is 5.92 Å². The average Bonchev–Trinajstić information content (AvgIpc) is 3.37. The monoisotopic (exact) mass is 423 g/mol. The van der Waals surface area contributed by atoms with Crippen LogP contribution in [-0.2, 0) is 0 Å². The number of aromatic amines is 2. The lowest BCUT2D eigenvalue weighted by Crippen LogP contribution is -2.39. The highest BCUT2D eigenvalue weighted by molar-refractivity contribution is 6.09. The van der Waals surface area contributed by atoms with Gasteiger partial charge >= 0.3 is 0 Å². The molecule has 1 aliphatic heterocycles. The lowest BCUT2D eigenvalue weighted by Gasteiger charge is -2.32. The van der Waals surface area contributed by atoms with E-state index in [1.54, 1.807) is 18.5 Å². The van der Waals surface area contributed by atoms with Gasteiger partial charge in [-0.15, -0.1) is 0 Å². The van der Waals surface area contributed by atoms with Gasteiger partial charge in [-0.05, 0) is 12.1 Å². The van der Waals surface area contributed by atoms with Gasteiger partial charge in [-0.1, -0.05) is 6.58 Å². The molecule has 0 atom stereocenters. The molecule has 158 valence electrons. The smallest absolute Gasteiger partial charge is 0.251 e. The third kappa shape index (κ3) is 3.37. The van der Waals surface area contributed by atoms with E-state index in [2.05, 4.69) is 36.8 Å². The van der Waals surface area contributed by atoms with Crippen LogP contribution in [0, 0.1) is 0 Å². The molecule has 4 N–H and O–H groups in total. The van der Waals surface area contributed by atoms with Crippen molar-refractivity contribution in [2.45, 2.75) is 18.8 Å². The number of allylic oxidation sites excluding steroid dienone is 1. The second-order valence-electron chi connectivity index (χ2n) is 7.45. The lowest BCUT2D eigenvalue weighted by molar-refractivity contribution is -0.0221. The molecule has 0 bridgehead atoms. The fraction of sp³-hybridized carbons (Fsp3) is 0.250. The zero-order chi connectivity index (χ0) is 21.6. The number of hydrogen-bond donors (Lipinski definition) is 3. The highest BCUT2D eigenvalue weighted by Crippen LogP contribution is 2.34. The number of piperidine rings is 1. The minimum absolute atomic E-state index is 0.196. The Kier molecular flexibility index (Phi) is 4.38. The summed E-state index contributed by atoms with van der Waals surface area (Å²) in [6, 6.07) is 3.63. The van der Waals surface area contributed by atoms with Crippen molar-refractivity contribution in [2.24, 2.45) is 10.9 Å². The molecule has 0 amide bonds. The van der Waals surface area contributed by atoms with E-state index in [1.165, 1.54) is 6.21 Å². The SMILES string of the molecule is C=C(/C=N\N)c1cc2c(-c3nc4c(N5CCC(F)(F)CC5)nccc4[nH]3)n[nH]c2cn1. The molecule has 0 spiro atoms. The van der Waals surface area contributed by atoms with Gasteiger partial charge < -0.3 is 15.7 Å². The maximum atomic E-state index is 13.6. The van der Waals surface area contributed by atoms with E-state index in [0.717, 1.165) is 16.4 Å². The maximum Gasteiger partial charge on any atom is 0.251 e. The van der Waals surface area contributed by atoms with Crippen LogP contribution in [0.3, 0.4) is 0 Å². The Bertz CT molecular complexity index is 1310. The Hall–Kier alpha value is -3.89. The minimum Gasteiger partial charge on any atom is -0.354 e. The first-order chi connectivity index (χ1) is 14.9. The van der Waals surface area contributed by atoms with Crippen molar-refractivity contribution >= 4 is 39.5 Å². The standard InChI is InChI=1S/C20H19F2N9/c1-11(9-26-23)14-8-12-15(10-25-14)29-30-16(12)18-27-13-2-5-24-19(17(13)28-18)31-6-3-20(21,22)4-7-31/h2,5,8-10H,1,3-4,6-7,23H2,(H,27,28)(H,29,30)/b26-9-. The van der Waals surface area contributed by atoms with E-state index >= 15 is 0 Å². The van der Waals surface area contributed by atoms with Gasteiger partial charge in [0.05, 0.1) is 29.1 Å². The van der Waals surface area contributed by atoms with Crippen LogP contribution in [0.25, 0.3) is 39.0 Å². The molecule has 5 rings (SSSR count). The van der Waals surface area contributed by atoms with Gasteiger partial charge in [0.1, 0.15) is 11.2 Å². The van der Waals surface area contributed by atoms with Gasteiger partial charge in [-0.25, -0.2) is 18.7 Å². The van der Waals surface area contributed by atoms with Crippen LogP contribution in [0.15, 0.2) is 36.2 Å². The van der Waals surface area contributed by atoms with Crippen molar-refractivity contribution in [3.63, 3.8) is 0 Å². The van der Waals surface area contributed by atoms with Crippen LogP contribution in [0.4, 0.5) is 14.6 Å². The second-order valence-corrected chi connectivity index (χ2v) is 7.45. The number of hydrazone groups is 1.